The fourth-order valence-electron chi connectivity index (χ4n) is 2.01. The minimum atomic E-state index is -0.182. The van der Waals surface area contributed by atoms with E-state index in [1.807, 2.05) is 25.1 Å². The lowest BCUT2D eigenvalue weighted by Gasteiger charge is -2.25. The maximum Gasteiger partial charge on any atom is 0.254 e. The second-order valence-corrected chi connectivity index (χ2v) is 5.57. The highest BCUT2D eigenvalue weighted by Crippen LogP contribution is 2.24. The van der Waals surface area contributed by atoms with Crippen LogP contribution in [0.1, 0.15) is 28.9 Å². The molecule has 0 saturated heterocycles. The summed E-state index contributed by atoms with van der Waals surface area (Å²) in [5.41, 5.74) is 6.98. The number of nitrogen functional groups attached to an aromatic ring is 1. The van der Waals surface area contributed by atoms with E-state index in [-0.39, 0.29) is 22.9 Å². The van der Waals surface area contributed by atoms with Crippen LogP contribution in [0.3, 0.4) is 0 Å². The molecule has 0 aliphatic carbocycles. The highest BCUT2D eigenvalue weighted by Gasteiger charge is 2.20. The molecule has 0 fully saturated rings. The second-order valence-electron chi connectivity index (χ2n) is 4.75. The minimum Gasteiger partial charge on any atom is -0.384 e. The summed E-state index contributed by atoms with van der Waals surface area (Å²) < 4.78 is 0. The van der Waals surface area contributed by atoms with Gasteiger partial charge in [0.05, 0.1) is 6.04 Å². The number of aromatic nitrogens is 1. The number of anilines is 1. The maximum atomic E-state index is 12.5. The zero-order chi connectivity index (χ0) is 15.6. The quantitative estimate of drug-likeness (QED) is 0.874. The van der Waals surface area contributed by atoms with Gasteiger partial charge in [-0.15, -0.1) is 0 Å². The highest BCUT2D eigenvalue weighted by molar-refractivity contribution is 6.30. The van der Waals surface area contributed by atoms with Crippen molar-refractivity contribution < 1.29 is 4.79 Å². The van der Waals surface area contributed by atoms with Crippen LogP contribution < -0.4 is 5.73 Å². The predicted molar refractivity (Wildman–Crippen MR) is 85.6 cm³/mol. The number of hydrogen-bond donors (Lipinski definition) is 1. The van der Waals surface area contributed by atoms with E-state index in [0.717, 1.165) is 5.56 Å². The fourth-order valence-corrected chi connectivity index (χ4v) is 2.42. The number of pyridine rings is 1. The monoisotopic (exact) mass is 323 g/mol. The Balaban J connectivity index is 2.26. The number of carbonyl (C=O) groups is 1. The van der Waals surface area contributed by atoms with E-state index in [4.69, 9.17) is 28.9 Å². The van der Waals surface area contributed by atoms with Crippen LogP contribution in [-0.2, 0) is 0 Å². The first kappa shape index (κ1) is 15.6. The summed E-state index contributed by atoms with van der Waals surface area (Å²) in [6, 6.07) is 10.3. The van der Waals surface area contributed by atoms with Gasteiger partial charge in [0.25, 0.3) is 5.91 Å². The van der Waals surface area contributed by atoms with Gasteiger partial charge in [-0.05, 0) is 36.8 Å². The number of halogens is 2. The Morgan fingerprint density at radius 2 is 2.00 bits per heavy atom. The SMILES string of the molecule is CC(c1cccc(Cl)c1)N(C)C(=O)c1cc(N)nc(Cl)c1. The molecule has 1 aromatic carbocycles. The van der Waals surface area contributed by atoms with Crippen LogP contribution in [0, 0.1) is 0 Å². The summed E-state index contributed by atoms with van der Waals surface area (Å²) in [5, 5.41) is 0.832. The third-order valence-corrected chi connectivity index (χ3v) is 3.72. The van der Waals surface area contributed by atoms with Gasteiger partial charge in [0.1, 0.15) is 11.0 Å². The molecule has 0 radical (unpaired) electrons. The van der Waals surface area contributed by atoms with E-state index in [9.17, 15) is 4.79 Å². The molecular formula is C15H15Cl2N3O. The third kappa shape index (κ3) is 3.65. The molecule has 110 valence electrons. The summed E-state index contributed by atoms with van der Waals surface area (Å²) in [6.45, 7) is 1.93. The zero-order valence-electron chi connectivity index (χ0n) is 11.7. The lowest BCUT2D eigenvalue weighted by Crippen LogP contribution is -2.29. The van der Waals surface area contributed by atoms with Gasteiger partial charge < -0.3 is 10.6 Å². The smallest absolute Gasteiger partial charge is 0.254 e. The van der Waals surface area contributed by atoms with E-state index in [1.165, 1.54) is 12.1 Å². The third-order valence-electron chi connectivity index (χ3n) is 3.29. The number of benzene rings is 1. The van der Waals surface area contributed by atoms with Crippen molar-refractivity contribution >= 4 is 34.9 Å². The molecule has 0 spiro atoms. The lowest BCUT2D eigenvalue weighted by atomic mass is 10.1. The van der Waals surface area contributed by atoms with Crippen LogP contribution in [0.25, 0.3) is 0 Å². The summed E-state index contributed by atoms with van der Waals surface area (Å²) in [7, 11) is 1.72. The zero-order valence-corrected chi connectivity index (χ0v) is 13.2. The van der Waals surface area contributed by atoms with Crippen molar-refractivity contribution in [2.45, 2.75) is 13.0 Å². The van der Waals surface area contributed by atoms with Crippen LogP contribution in [0.4, 0.5) is 5.82 Å². The number of hydrogen-bond acceptors (Lipinski definition) is 3. The molecule has 1 unspecified atom stereocenters. The Kier molecular flexibility index (Phi) is 4.70. The van der Waals surface area contributed by atoms with Crippen molar-refractivity contribution in [1.29, 1.82) is 0 Å². The Morgan fingerprint density at radius 1 is 1.29 bits per heavy atom. The molecule has 6 heteroatoms. The molecule has 2 rings (SSSR count). The molecule has 21 heavy (non-hydrogen) atoms. The first-order chi connectivity index (χ1) is 9.88. The van der Waals surface area contributed by atoms with Crippen molar-refractivity contribution in [3.63, 3.8) is 0 Å². The van der Waals surface area contributed by atoms with E-state index in [2.05, 4.69) is 4.98 Å². The standard InChI is InChI=1S/C15H15Cl2N3O/c1-9(10-4-3-5-12(16)6-10)20(2)15(21)11-7-13(17)19-14(18)8-11/h3-9H,1-2H3,(H2,18,19). The number of rotatable bonds is 3. The van der Waals surface area contributed by atoms with Gasteiger partial charge in [-0.1, -0.05) is 35.3 Å². The van der Waals surface area contributed by atoms with Crippen molar-refractivity contribution in [2.75, 3.05) is 12.8 Å². The fraction of sp³-hybridized carbons (Fsp3) is 0.200. The Labute approximate surface area is 133 Å². The van der Waals surface area contributed by atoms with Gasteiger partial charge in [-0.2, -0.15) is 0 Å². The van der Waals surface area contributed by atoms with Crippen LogP contribution in [0.15, 0.2) is 36.4 Å². The van der Waals surface area contributed by atoms with Crippen molar-refractivity contribution in [2.24, 2.45) is 0 Å². The van der Waals surface area contributed by atoms with E-state index < -0.39 is 0 Å². The summed E-state index contributed by atoms with van der Waals surface area (Å²) in [6.07, 6.45) is 0. The van der Waals surface area contributed by atoms with E-state index in [0.29, 0.717) is 10.6 Å². The van der Waals surface area contributed by atoms with Gasteiger partial charge in [0.2, 0.25) is 0 Å². The number of amides is 1. The average molecular weight is 324 g/mol. The van der Waals surface area contributed by atoms with Gasteiger partial charge >= 0.3 is 0 Å². The largest absolute Gasteiger partial charge is 0.384 e. The van der Waals surface area contributed by atoms with Gasteiger partial charge in [0.15, 0.2) is 0 Å². The van der Waals surface area contributed by atoms with Crippen LogP contribution >= 0.6 is 23.2 Å². The summed E-state index contributed by atoms with van der Waals surface area (Å²) in [5.74, 6) is 0.0353. The molecule has 1 atom stereocenters. The average Bonchev–Trinajstić information content (AvgIpc) is 2.44. The predicted octanol–water partition coefficient (Wildman–Crippen LogP) is 3.80. The van der Waals surface area contributed by atoms with E-state index >= 15 is 0 Å². The van der Waals surface area contributed by atoms with Gasteiger partial charge in [-0.3, -0.25) is 4.79 Å². The molecule has 0 bridgehead atoms. The highest BCUT2D eigenvalue weighted by atomic mass is 35.5. The van der Waals surface area contributed by atoms with Crippen LogP contribution in [0.5, 0.6) is 0 Å². The Bertz CT molecular complexity index is 655. The van der Waals surface area contributed by atoms with Gasteiger partial charge in [0, 0.05) is 17.6 Å². The van der Waals surface area contributed by atoms with Crippen molar-refractivity contribution in [1.82, 2.24) is 9.88 Å². The molecule has 0 aliphatic rings. The minimum absolute atomic E-state index is 0.135. The molecule has 2 N–H and O–H groups in total. The maximum absolute atomic E-state index is 12.5. The topological polar surface area (TPSA) is 59.2 Å². The molecule has 1 amide bonds. The normalized spacial score (nSPS) is 12.0. The summed E-state index contributed by atoms with van der Waals surface area (Å²) >= 11 is 11.8. The molecule has 1 heterocycles. The summed E-state index contributed by atoms with van der Waals surface area (Å²) in [4.78, 5) is 18.0. The molecule has 4 nitrogen and oxygen atoms in total. The second kappa shape index (κ2) is 6.33. The molecular weight excluding hydrogens is 309 g/mol. The molecule has 2 aromatic rings. The Hall–Kier alpha value is -1.78. The van der Waals surface area contributed by atoms with Crippen LogP contribution in [0.2, 0.25) is 10.2 Å². The number of carbonyl (C=O) groups excluding carboxylic acids is 1. The first-order valence-electron chi connectivity index (χ1n) is 6.34. The molecule has 1 aromatic heterocycles. The van der Waals surface area contributed by atoms with Gasteiger partial charge in [-0.25, -0.2) is 4.98 Å². The molecule has 0 aliphatic heterocycles. The van der Waals surface area contributed by atoms with Crippen molar-refractivity contribution in [3.8, 4) is 0 Å². The first-order valence-corrected chi connectivity index (χ1v) is 7.10. The molecule has 0 saturated carbocycles. The number of nitrogens with zero attached hydrogens (tertiary/aromatic N) is 2. The number of nitrogens with two attached hydrogens (primary N) is 1. The van der Waals surface area contributed by atoms with Crippen molar-refractivity contribution in [3.05, 3.63) is 57.7 Å². The lowest BCUT2D eigenvalue weighted by molar-refractivity contribution is 0.0742. The Morgan fingerprint density at radius 3 is 2.62 bits per heavy atom. The van der Waals surface area contributed by atoms with E-state index in [1.54, 1.807) is 18.0 Å². The van der Waals surface area contributed by atoms with Crippen LogP contribution in [-0.4, -0.2) is 22.8 Å².